The van der Waals surface area contributed by atoms with Crippen molar-refractivity contribution < 1.29 is 14.6 Å². The fourth-order valence-electron chi connectivity index (χ4n) is 1.59. The number of rotatable bonds is 5. The highest BCUT2D eigenvalue weighted by molar-refractivity contribution is 5.88. The molecule has 0 fully saturated rings. The van der Waals surface area contributed by atoms with Crippen molar-refractivity contribution in [1.82, 2.24) is 9.97 Å². The standard InChI is InChI=1S/C14H14N2O3/c1-2-3-19-13-5-11(7-16-9-13)10-4-12(14(17)18)8-15-6-10/h4-9H,2-3H2,1H3,(H,17,18). The van der Waals surface area contributed by atoms with Crippen LogP contribution in [0.1, 0.15) is 23.7 Å². The van der Waals surface area contributed by atoms with Gasteiger partial charge in [-0.15, -0.1) is 0 Å². The van der Waals surface area contributed by atoms with Crippen molar-refractivity contribution in [2.45, 2.75) is 13.3 Å². The second-order valence-electron chi connectivity index (χ2n) is 4.03. The topological polar surface area (TPSA) is 72.3 Å². The van der Waals surface area contributed by atoms with Crippen LogP contribution in [0.2, 0.25) is 0 Å². The molecule has 98 valence electrons. The van der Waals surface area contributed by atoms with Crippen molar-refractivity contribution in [3.05, 3.63) is 42.5 Å². The van der Waals surface area contributed by atoms with Gasteiger partial charge in [0, 0.05) is 29.7 Å². The van der Waals surface area contributed by atoms with E-state index < -0.39 is 5.97 Å². The normalized spacial score (nSPS) is 10.2. The Morgan fingerprint density at radius 2 is 1.84 bits per heavy atom. The molecule has 0 unspecified atom stereocenters. The van der Waals surface area contributed by atoms with Crippen molar-refractivity contribution in [2.75, 3.05) is 6.61 Å². The van der Waals surface area contributed by atoms with Gasteiger partial charge in [0.15, 0.2) is 0 Å². The second-order valence-corrected chi connectivity index (χ2v) is 4.03. The fourth-order valence-corrected chi connectivity index (χ4v) is 1.59. The van der Waals surface area contributed by atoms with Gasteiger partial charge in [0.1, 0.15) is 5.75 Å². The molecule has 0 aliphatic rings. The molecule has 5 nitrogen and oxygen atoms in total. The molecule has 0 amide bonds. The lowest BCUT2D eigenvalue weighted by Crippen LogP contribution is -1.98. The Labute approximate surface area is 110 Å². The van der Waals surface area contributed by atoms with Crippen LogP contribution in [-0.4, -0.2) is 27.7 Å². The second kappa shape index (κ2) is 5.95. The molecule has 0 saturated heterocycles. The molecule has 5 heteroatoms. The number of aromatic nitrogens is 2. The summed E-state index contributed by atoms with van der Waals surface area (Å²) in [6.45, 7) is 2.65. The molecule has 0 spiro atoms. The van der Waals surface area contributed by atoms with Crippen LogP contribution in [0.15, 0.2) is 36.9 Å². The quantitative estimate of drug-likeness (QED) is 0.892. The van der Waals surface area contributed by atoms with Gasteiger partial charge in [0.2, 0.25) is 0 Å². The molecule has 0 atom stereocenters. The van der Waals surface area contributed by atoms with Gasteiger partial charge in [-0.3, -0.25) is 9.97 Å². The smallest absolute Gasteiger partial charge is 0.337 e. The van der Waals surface area contributed by atoms with E-state index in [9.17, 15) is 4.79 Å². The summed E-state index contributed by atoms with van der Waals surface area (Å²) < 4.78 is 5.50. The van der Waals surface area contributed by atoms with Gasteiger partial charge in [-0.2, -0.15) is 0 Å². The number of hydrogen-bond acceptors (Lipinski definition) is 4. The summed E-state index contributed by atoms with van der Waals surface area (Å²) >= 11 is 0. The third-order valence-corrected chi connectivity index (χ3v) is 2.50. The van der Waals surface area contributed by atoms with E-state index in [0.29, 0.717) is 17.9 Å². The van der Waals surface area contributed by atoms with Crippen LogP contribution < -0.4 is 4.74 Å². The van der Waals surface area contributed by atoms with E-state index in [1.54, 1.807) is 24.7 Å². The van der Waals surface area contributed by atoms with E-state index in [-0.39, 0.29) is 5.56 Å². The summed E-state index contributed by atoms with van der Waals surface area (Å²) in [7, 11) is 0. The molecule has 19 heavy (non-hydrogen) atoms. The highest BCUT2D eigenvalue weighted by Gasteiger charge is 2.07. The molecule has 0 aromatic carbocycles. The monoisotopic (exact) mass is 258 g/mol. The molecule has 0 radical (unpaired) electrons. The maximum Gasteiger partial charge on any atom is 0.337 e. The third kappa shape index (κ3) is 3.28. The van der Waals surface area contributed by atoms with Crippen molar-refractivity contribution >= 4 is 5.97 Å². The molecule has 0 saturated carbocycles. The Kier molecular flexibility index (Phi) is 4.07. The third-order valence-electron chi connectivity index (χ3n) is 2.50. The first-order chi connectivity index (χ1) is 9.20. The number of carboxylic acid groups (broad SMARTS) is 1. The zero-order chi connectivity index (χ0) is 13.7. The van der Waals surface area contributed by atoms with E-state index in [0.717, 1.165) is 12.0 Å². The molecule has 0 aliphatic heterocycles. The number of nitrogens with zero attached hydrogens (tertiary/aromatic N) is 2. The molecular weight excluding hydrogens is 244 g/mol. The van der Waals surface area contributed by atoms with Crippen molar-refractivity contribution in [3.8, 4) is 16.9 Å². The van der Waals surface area contributed by atoms with Crippen LogP contribution in [0.25, 0.3) is 11.1 Å². The van der Waals surface area contributed by atoms with E-state index in [1.807, 2.05) is 13.0 Å². The summed E-state index contributed by atoms with van der Waals surface area (Å²) in [5.41, 5.74) is 1.64. The average molecular weight is 258 g/mol. The van der Waals surface area contributed by atoms with Crippen LogP contribution in [0.5, 0.6) is 5.75 Å². The average Bonchev–Trinajstić information content (AvgIpc) is 2.45. The largest absolute Gasteiger partial charge is 0.492 e. The summed E-state index contributed by atoms with van der Waals surface area (Å²) in [6.07, 6.45) is 7.12. The van der Waals surface area contributed by atoms with Crippen LogP contribution >= 0.6 is 0 Å². The summed E-state index contributed by atoms with van der Waals surface area (Å²) in [5.74, 6) is -0.333. The number of pyridine rings is 2. The maximum atomic E-state index is 10.9. The SMILES string of the molecule is CCCOc1cncc(-c2cncc(C(=O)O)c2)c1. The molecular formula is C14H14N2O3. The Bertz CT molecular complexity index is 584. The zero-order valence-corrected chi connectivity index (χ0v) is 10.5. The first-order valence-corrected chi connectivity index (χ1v) is 5.97. The number of carboxylic acids is 1. The molecule has 2 heterocycles. The van der Waals surface area contributed by atoms with E-state index in [1.165, 1.54) is 6.20 Å². The predicted molar refractivity (Wildman–Crippen MR) is 70.2 cm³/mol. The van der Waals surface area contributed by atoms with Gasteiger partial charge in [-0.1, -0.05) is 6.92 Å². The number of aromatic carboxylic acids is 1. The Hall–Kier alpha value is -2.43. The van der Waals surface area contributed by atoms with Gasteiger partial charge in [0.25, 0.3) is 0 Å². The molecule has 0 bridgehead atoms. The Balaban J connectivity index is 2.30. The highest BCUT2D eigenvalue weighted by atomic mass is 16.5. The molecule has 2 rings (SSSR count). The first kappa shape index (κ1) is 13.0. The van der Waals surface area contributed by atoms with Crippen molar-refractivity contribution in [1.29, 1.82) is 0 Å². The predicted octanol–water partition coefficient (Wildman–Crippen LogP) is 2.63. The number of hydrogen-bond donors (Lipinski definition) is 1. The lowest BCUT2D eigenvalue weighted by Gasteiger charge is -2.06. The minimum absolute atomic E-state index is 0.150. The number of carbonyl (C=O) groups is 1. The Morgan fingerprint density at radius 1 is 1.16 bits per heavy atom. The lowest BCUT2D eigenvalue weighted by molar-refractivity contribution is 0.0696. The van der Waals surface area contributed by atoms with Crippen molar-refractivity contribution in [3.63, 3.8) is 0 Å². The van der Waals surface area contributed by atoms with Crippen molar-refractivity contribution in [2.24, 2.45) is 0 Å². The summed E-state index contributed by atoms with van der Waals surface area (Å²) in [4.78, 5) is 18.9. The van der Waals surface area contributed by atoms with Crippen LogP contribution in [0.4, 0.5) is 0 Å². The summed E-state index contributed by atoms with van der Waals surface area (Å²) in [6, 6.07) is 3.39. The van der Waals surface area contributed by atoms with Gasteiger partial charge >= 0.3 is 5.97 Å². The number of ether oxygens (including phenoxy) is 1. The van der Waals surface area contributed by atoms with Gasteiger partial charge < -0.3 is 9.84 Å². The van der Waals surface area contributed by atoms with Crippen LogP contribution in [0, 0.1) is 0 Å². The van der Waals surface area contributed by atoms with Gasteiger partial charge in [-0.25, -0.2) is 4.79 Å². The van der Waals surface area contributed by atoms with Crippen LogP contribution in [0.3, 0.4) is 0 Å². The fraction of sp³-hybridized carbons (Fsp3) is 0.214. The maximum absolute atomic E-state index is 10.9. The molecule has 2 aromatic heterocycles. The van der Waals surface area contributed by atoms with Gasteiger partial charge in [0.05, 0.1) is 18.4 Å². The minimum atomic E-state index is -0.999. The van der Waals surface area contributed by atoms with Crippen LogP contribution in [-0.2, 0) is 0 Å². The lowest BCUT2D eigenvalue weighted by atomic mass is 10.1. The van der Waals surface area contributed by atoms with E-state index in [4.69, 9.17) is 9.84 Å². The molecule has 2 aromatic rings. The molecule has 1 N–H and O–H groups in total. The summed E-state index contributed by atoms with van der Waals surface area (Å²) in [5, 5.41) is 8.95. The highest BCUT2D eigenvalue weighted by Crippen LogP contribution is 2.22. The van der Waals surface area contributed by atoms with E-state index >= 15 is 0 Å². The van der Waals surface area contributed by atoms with E-state index in [2.05, 4.69) is 9.97 Å². The Morgan fingerprint density at radius 3 is 2.53 bits per heavy atom. The first-order valence-electron chi connectivity index (χ1n) is 5.97. The zero-order valence-electron chi connectivity index (χ0n) is 10.5. The van der Waals surface area contributed by atoms with Gasteiger partial charge in [-0.05, 0) is 18.6 Å². The minimum Gasteiger partial charge on any atom is -0.492 e. The molecule has 0 aliphatic carbocycles.